The Morgan fingerprint density at radius 1 is 1.29 bits per heavy atom. The van der Waals surface area contributed by atoms with E-state index in [-0.39, 0.29) is 5.82 Å². The van der Waals surface area contributed by atoms with E-state index >= 15 is 0 Å². The van der Waals surface area contributed by atoms with Crippen molar-refractivity contribution in [3.8, 4) is 0 Å². The predicted molar refractivity (Wildman–Crippen MR) is 69.1 cm³/mol. The molecule has 0 aliphatic rings. The van der Waals surface area contributed by atoms with Crippen LogP contribution in [0.4, 0.5) is 4.39 Å². The van der Waals surface area contributed by atoms with E-state index in [0.717, 1.165) is 15.6 Å². The molecule has 0 aliphatic carbocycles. The van der Waals surface area contributed by atoms with Crippen LogP contribution in [-0.4, -0.2) is 4.98 Å². The van der Waals surface area contributed by atoms with E-state index in [1.54, 1.807) is 12.3 Å². The highest BCUT2D eigenvalue weighted by atomic mass is 79.9. The van der Waals surface area contributed by atoms with Gasteiger partial charge in [-0.25, -0.2) is 4.39 Å². The number of nitrogens with two attached hydrogens (primary N) is 1. The van der Waals surface area contributed by atoms with Crippen LogP contribution in [-0.2, 0) is 0 Å². The van der Waals surface area contributed by atoms with Crippen molar-refractivity contribution in [1.29, 1.82) is 0 Å². The number of aryl methyl sites for hydroxylation is 1. The third kappa shape index (κ3) is 2.53. The number of halogens is 2. The second-order valence-corrected chi connectivity index (χ2v) is 4.79. The predicted octanol–water partition coefficient (Wildman–Crippen LogP) is 3.34. The maximum atomic E-state index is 13.6. The first-order valence-electron chi connectivity index (χ1n) is 5.20. The highest BCUT2D eigenvalue weighted by Gasteiger charge is 2.15. The van der Waals surface area contributed by atoms with E-state index in [2.05, 4.69) is 20.9 Å². The molecule has 0 spiro atoms. The van der Waals surface area contributed by atoms with Gasteiger partial charge in [0.15, 0.2) is 0 Å². The lowest BCUT2D eigenvalue weighted by Gasteiger charge is -2.15. The highest BCUT2D eigenvalue weighted by molar-refractivity contribution is 9.10. The summed E-state index contributed by atoms with van der Waals surface area (Å²) in [6, 6.07) is 6.92. The Balaban J connectivity index is 2.44. The van der Waals surface area contributed by atoms with E-state index in [9.17, 15) is 4.39 Å². The number of hydrogen-bond acceptors (Lipinski definition) is 2. The topological polar surface area (TPSA) is 38.9 Å². The lowest BCUT2D eigenvalue weighted by Crippen LogP contribution is -2.15. The molecule has 0 radical (unpaired) electrons. The van der Waals surface area contributed by atoms with Gasteiger partial charge in [-0.2, -0.15) is 0 Å². The number of rotatable bonds is 2. The number of pyridine rings is 1. The van der Waals surface area contributed by atoms with Crippen LogP contribution in [0.1, 0.15) is 22.7 Å². The minimum Gasteiger partial charge on any atom is -0.320 e. The summed E-state index contributed by atoms with van der Waals surface area (Å²) < 4.78 is 14.6. The van der Waals surface area contributed by atoms with Gasteiger partial charge in [0.05, 0.1) is 12.2 Å². The van der Waals surface area contributed by atoms with Gasteiger partial charge in [-0.15, -0.1) is 0 Å². The molecule has 1 aromatic heterocycles. The van der Waals surface area contributed by atoms with Crippen molar-refractivity contribution in [2.24, 2.45) is 5.73 Å². The fourth-order valence-corrected chi connectivity index (χ4v) is 2.27. The van der Waals surface area contributed by atoms with Gasteiger partial charge in [-0.3, -0.25) is 4.98 Å². The first kappa shape index (κ1) is 12.2. The number of aromatic nitrogens is 1. The molecule has 2 rings (SSSR count). The third-order valence-corrected chi connectivity index (χ3v) is 3.20. The smallest absolute Gasteiger partial charge is 0.146 e. The second-order valence-electron chi connectivity index (χ2n) is 3.88. The zero-order chi connectivity index (χ0) is 12.4. The Labute approximate surface area is 108 Å². The Hall–Kier alpha value is -1.26. The zero-order valence-corrected chi connectivity index (χ0v) is 10.9. The minimum absolute atomic E-state index is 0.373. The van der Waals surface area contributed by atoms with Crippen LogP contribution >= 0.6 is 15.9 Å². The summed E-state index contributed by atoms with van der Waals surface area (Å²) in [5.74, 6) is -0.373. The maximum absolute atomic E-state index is 13.6. The molecule has 0 aliphatic heterocycles. The Morgan fingerprint density at radius 2 is 2.06 bits per heavy atom. The summed E-state index contributed by atoms with van der Waals surface area (Å²) in [4.78, 5) is 3.72. The standard InChI is InChI=1S/C13H12BrFN2/c1-8-6-9(14)2-3-10(8)13(16)11-4-5-17-7-12(11)15/h2-7,13H,16H2,1H3. The Morgan fingerprint density at radius 3 is 2.71 bits per heavy atom. The first-order valence-corrected chi connectivity index (χ1v) is 6.00. The summed E-state index contributed by atoms with van der Waals surface area (Å²) in [7, 11) is 0. The van der Waals surface area contributed by atoms with E-state index in [1.807, 2.05) is 25.1 Å². The van der Waals surface area contributed by atoms with Crippen molar-refractivity contribution in [2.45, 2.75) is 13.0 Å². The number of benzene rings is 1. The normalized spacial score (nSPS) is 12.5. The van der Waals surface area contributed by atoms with E-state index in [0.29, 0.717) is 5.56 Å². The van der Waals surface area contributed by atoms with Gasteiger partial charge in [0, 0.05) is 16.2 Å². The van der Waals surface area contributed by atoms with E-state index < -0.39 is 6.04 Å². The molecule has 2 nitrogen and oxygen atoms in total. The Kier molecular flexibility index (Phi) is 3.54. The molecule has 2 aromatic rings. The zero-order valence-electron chi connectivity index (χ0n) is 9.32. The quantitative estimate of drug-likeness (QED) is 0.923. The molecule has 1 heterocycles. The van der Waals surface area contributed by atoms with Crippen LogP contribution < -0.4 is 5.73 Å². The molecule has 0 amide bonds. The average Bonchev–Trinajstić information content (AvgIpc) is 2.29. The van der Waals surface area contributed by atoms with Gasteiger partial charge in [-0.05, 0) is 36.2 Å². The monoisotopic (exact) mass is 294 g/mol. The SMILES string of the molecule is Cc1cc(Br)ccc1C(N)c1ccncc1F. The van der Waals surface area contributed by atoms with Crippen LogP contribution in [0, 0.1) is 12.7 Å². The van der Waals surface area contributed by atoms with Crippen molar-refractivity contribution in [2.75, 3.05) is 0 Å². The minimum atomic E-state index is -0.467. The lowest BCUT2D eigenvalue weighted by atomic mass is 9.96. The summed E-state index contributed by atoms with van der Waals surface area (Å²) in [5, 5.41) is 0. The van der Waals surface area contributed by atoms with E-state index in [4.69, 9.17) is 5.73 Å². The van der Waals surface area contributed by atoms with Crippen LogP contribution in [0.15, 0.2) is 41.1 Å². The van der Waals surface area contributed by atoms with Gasteiger partial charge >= 0.3 is 0 Å². The molecule has 1 unspecified atom stereocenters. The Bertz CT molecular complexity index is 543. The summed E-state index contributed by atoms with van der Waals surface area (Å²) in [5.41, 5.74) is 8.49. The molecule has 88 valence electrons. The maximum Gasteiger partial charge on any atom is 0.146 e. The molecule has 0 bridgehead atoms. The fraction of sp³-hybridized carbons (Fsp3) is 0.154. The van der Waals surface area contributed by atoms with Crippen molar-refractivity contribution >= 4 is 15.9 Å². The van der Waals surface area contributed by atoms with Crippen molar-refractivity contribution in [3.63, 3.8) is 0 Å². The summed E-state index contributed by atoms with van der Waals surface area (Å²) in [6.45, 7) is 1.96. The third-order valence-electron chi connectivity index (χ3n) is 2.71. The molecule has 0 saturated carbocycles. The second kappa shape index (κ2) is 4.94. The van der Waals surface area contributed by atoms with E-state index in [1.165, 1.54) is 6.20 Å². The van der Waals surface area contributed by atoms with Crippen LogP contribution in [0.5, 0.6) is 0 Å². The fourth-order valence-electron chi connectivity index (χ4n) is 1.79. The molecule has 17 heavy (non-hydrogen) atoms. The molecule has 4 heteroatoms. The molecule has 2 N–H and O–H groups in total. The van der Waals surface area contributed by atoms with Crippen LogP contribution in [0.25, 0.3) is 0 Å². The van der Waals surface area contributed by atoms with Crippen molar-refractivity contribution in [1.82, 2.24) is 4.98 Å². The molecule has 1 aromatic carbocycles. The van der Waals surface area contributed by atoms with Crippen molar-refractivity contribution in [3.05, 3.63) is 63.6 Å². The molecule has 0 fully saturated rings. The number of hydrogen-bond donors (Lipinski definition) is 1. The van der Waals surface area contributed by atoms with Gasteiger partial charge in [0.2, 0.25) is 0 Å². The van der Waals surface area contributed by atoms with Gasteiger partial charge in [0.1, 0.15) is 5.82 Å². The molecular formula is C13H12BrFN2. The first-order chi connectivity index (χ1) is 8.09. The average molecular weight is 295 g/mol. The van der Waals surface area contributed by atoms with Gasteiger partial charge < -0.3 is 5.73 Å². The molecule has 0 saturated heterocycles. The van der Waals surface area contributed by atoms with Gasteiger partial charge in [-0.1, -0.05) is 22.0 Å². The summed E-state index contributed by atoms with van der Waals surface area (Å²) in [6.07, 6.45) is 2.73. The molecule has 1 atom stereocenters. The van der Waals surface area contributed by atoms with Gasteiger partial charge in [0.25, 0.3) is 0 Å². The number of nitrogens with zero attached hydrogens (tertiary/aromatic N) is 1. The molecular weight excluding hydrogens is 283 g/mol. The van der Waals surface area contributed by atoms with Crippen LogP contribution in [0.2, 0.25) is 0 Å². The highest BCUT2D eigenvalue weighted by Crippen LogP contribution is 2.26. The van der Waals surface area contributed by atoms with Crippen LogP contribution in [0.3, 0.4) is 0 Å². The lowest BCUT2D eigenvalue weighted by molar-refractivity contribution is 0.593. The van der Waals surface area contributed by atoms with Crippen molar-refractivity contribution < 1.29 is 4.39 Å². The largest absolute Gasteiger partial charge is 0.320 e. The summed E-state index contributed by atoms with van der Waals surface area (Å²) >= 11 is 3.39.